The van der Waals surface area contributed by atoms with Gasteiger partial charge in [0.25, 0.3) is 0 Å². The minimum atomic E-state index is -0.863. The van der Waals surface area contributed by atoms with Gasteiger partial charge in [0.05, 0.1) is 19.1 Å². The van der Waals surface area contributed by atoms with Gasteiger partial charge in [0.2, 0.25) is 0 Å². The molecule has 0 aromatic heterocycles. The second-order valence-electron chi connectivity index (χ2n) is 4.53. The molecule has 92 valence electrons. The molecule has 0 fully saturated rings. The van der Waals surface area contributed by atoms with E-state index in [2.05, 4.69) is 4.74 Å². The van der Waals surface area contributed by atoms with E-state index in [9.17, 15) is 9.59 Å². The number of carboxylic acids is 1. The summed E-state index contributed by atoms with van der Waals surface area (Å²) in [5.74, 6) is -1.28. The Kier molecular flexibility index (Phi) is 3.89. The molecule has 0 atom stereocenters. The van der Waals surface area contributed by atoms with Crippen LogP contribution in [0.5, 0.6) is 0 Å². The number of carbonyl (C=O) groups excluding carboxylic acids is 1. The number of carboxylic acid groups (broad SMARTS) is 1. The van der Waals surface area contributed by atoms with E-state index in [1.54, 1.807) is 18.2 Å². The summed E-state index contributed by atoms with van der Waals surface area (Å²) >= 11 is 0. The zero-order valence-electron chi connectivity index (χ0n) is 10.2. The smallest absolute Gasteiger partial charge is 0.337 e. The van der Waals surface area contributed by atoms with Gasteiger partial charge in [-0.25, -0.2) is 4.79 Å². The first-order valence-corrected chi connectivity index (χ1v) is 5.27. The SMILES string of the molecule is COC(=O)c1cccc(C(C)(C)CC(=O)O)c1. The summed E-state index contributed by atoms with van der Waals surface area (Å²) in [7, 11) is 1.32. The minimum absolute atomic E-state index is 0.0115. The molecule has 4 heteroatoms. The lowest BCUT2D eigenvalue weighted by Gasteiger charge is -2.23. The molecule has 17 heavy (non-hydrogen) atoms. The average Bonchev–Trinajstić information content (AvgIpc) is 2.26. The van der Waals surface area contributed by atoms with E-state index in [1.807, 2.05) is 19.9 Å². The van der Waals surface area contributed by atoms with Crippen LogP contribution in [0.4, 0.5) is 0 Å². The van der Waals surface area contributed by atoms with Crippen molar-refractivity contribution in [3.05, 3.63) is 35.4 Å². The molecular weight excluding hydrogens is 220 g/mol. The lowest BCUT2D eigenvalue weighted by Crippen LogP contribution is -2.22. The third-order valence-electron chi connectivity index (χ3n) is 2.66. The first kappa shape index (κ1) is 13.2. The van der Waals surface area contributed by atoms with E-state index in [-0.39, 0.29) is 6.42 Å². The molecule has 0 bridgehead atoms. The number of carbonyl (C=O) groups is 2. The van der Waals surface area contributed by atoms with Gasteiger partial charge in [0.15, 0.2) is 0 Å². The molecule has 0 aliphatic heterocycles. The normalized spacial score (nSPS) is 11.0. The van der Waals surface area contributed by atoms with Gasteiger partial charge >= 0.3 is 11.9 Å². The van der Waals surface area contributed by atoms with Crippen LogP contribution in [0.2, 0.25) is 0 Å². The highest BCUT2D eigenvalue weighted by Gasteiger charge is 2.24. The number of rotatable bonds is 4. The quantitative estimate of drug-likeness (QED) is 0.814. The summed E-state index contributed by atoms with van der Waals surface area (Å²) in [6.07, 6.45) is 0.0115. The third-order valence-corrected chi connectivity index (χ3v) is 2.66. The molecule has 0 aliphatic carbocycles. The van der Waals surface area contributed by atoms with E-state index in [0.717, 1.165) is 5.56 Å². The van der Waals surface area contributed by atoms with Crippen LogP contribution < -0.4 is 0 Å². The topological polar surface area (TPSA) is 63.6 Å². The van der Waals surface area contributed by atoms with E-state index in [0.29, 0.717) is 5.56 Å². The second-order valence-corrected chi connectivity index (χ2v) is 4.53. The second kappa shape index (κ2) is 4.99. The fraction of sp³-hybridized carbons (Fsp3) is 0.385. The average molecular weight is 236 g/mol. The van der Waals surface area contributed by atoms with E-state index < -0.39 is 17.4 Å². The van der Waals surface area contributed by atoms with Gasteiger partial charge in [-0.05, 0) is 17.7 Å². The molecule has 0 unspecified atom stereocenters. The zero-order chi connectivity index (χ0) is 13.1. The van der Waals surface area contributed by atoms with Gasteiger partial charge in [0, 0.05) is 5.41 Å². The lowest BCUT2D eigenvalue weighted by molar-refractivity contribution is -0.138. The van der Waals surface area contributed by atoms with Crippen LogP contribution in [0.15, 0.2) is 24.3 Å². The summed E-state index contributed by atoms with van der Waals surface area (Å²) in [6, 6.07) is 6.86. The first-order valence-electron chi connectivity index (χ1n) is 5.27. The summed E-state index contributed by atoms with van der Waals surface area (Å²) in [5.41, 5.74) is 0.724. The van der Waals surface area contributed by atoms with Crippen LogP contribution in [0, 0.1) is 0 Å². The standard InChI is InChI=1S/C13H16O4/c1-13(2,8-11(14)15)10-6-4-5-9(7-10)12(16)17-3/h4-7H,8H2,1-3H3,(H,14,15). The number of ether oxygens (including phenoxy) is 1. The van der Waals surface area contributed by atoms with Gasteiger partial charge in [-0.15, -0.1) is 0 Å². The largest absolute Gasteiger partial charge is 0.481 e. The van der Waals surface area contributed by atoms with Crippen molar-refractivity contribution >= 4 is 11.9 Å². The fourth-order valence-corrected chi connectivity index (χ4v) is 1.67. The van der Waals surface area contributed by atoms with Gasteiger partial charge in [0.1, 0.15) is 0 Å². The molecule has 0 saturated heterocycles. The van der Waals surface area contributed by atoms with Crippen molar-refractivity contribution in [3.8, 4) is 0 Å². The Balaban J connectivity index is 3.06. The highest BCUT2D eigenvalue weighted by atomic mass is 16.5. The Labute approximate surface area is 100 Å². The van der Waals surface area contributed by atoms with Crippen LogP contribution in [0.3, 0.4) is 0 Å². The molecule has 1 N–H and O–H groups in total. The number of esters is 1. The Bertz CT molecular complexity index is 435. The van der Waals surface area contributed by atoms with E-state index in [4.69, 9.17) is 5.11 Å². The monoisotopic (exact) mass is 236 g/mol. The molecule has 0 saturated carbocycles. The predicted octanol–water partition coefficient (Wildman–Crippen LogP) is 2.23. The molecule has 1 aromatic rings. The molecule has 4 nitrogen and oxygen atoms in total. The van der Waals surface area contributed by atoms with Crippen molar-refractivity contribution in [2.75, 3.05) is 7.11 Å². The summed E-state index contributed by atoms with van der Waals surface area (Å²) in [6.45, 7) is 3.66. The predicted molar refractivity (Wildman–Crippen MR) is 63.1 cm³/mol. The third kappa shape index (κ3) is 3.31. The number of benzene rings is 1. The Morgan fingerprint density at radius 3 is 2.53 bits per heavy atom. The van der Waals surface area contributed by atoms with E-state index in [1.165, 1.54) is 7.11 Å². The zero-order valence-corrected chi connectivity index (χ0v) is 10.2. The summed E-state index contributed by atoms with van der Waals surface area (Å²) in [5, 5.41) is 8.84. The highest BCUT2D eigenvalue weighted by molar-refractivity contribution is 5.89. The molecule has 0 amide bonds. The molecule has 0 radical (unpaired) electrons. The van der Waals surface area contributed by atoms with Crippen LogP contribution in [-0.2, 0) is 14.9 Å². The van der Waals surface area contributed by atoms with Crippen LogP contribution in [0.1, 0.15) is 36.2 Å². The number of hydrogen-bond acceptors (Lipinski definition) is 3. The molecule has 0 aliphatic rings. The van der Waals surface area contributed by atoms with Gasteiger partial charge in [-0.3, -0.25) is 4.79 Å². The van der Waals surface area contributed by atoms with Crippen LogP contribution in [-0.4, -0.2) is 24.2 Å². The van der Waals surface area contributed by atoms with Crippen molar-refractivity contribution in [1.82, 2.24) is 0 Å². The number of hydrogen-bond donors (Lipinski definition) is 1. The maximum atomic E-state index is 11.4. The molecule has 0 heterocycles. The maximum absolute atomic E-state index is 11.4. The lowest BCUT2D eigenvalue weighted by atomic mass is 9.81. The summed E-state index contributed by atoms with van der Waals surface area (Å²) in [4.78, 5) is 22.1. The van der Waals surface area contributed by atoms with Crippen LogP contribution in [0.25, 0.3) is 0 Å². The molecule has 1 rings (SSSR count). The van der Waals surface area contributed by atoms with Gasteiger partial charge in [-0.2, -0.15) is 0 Å². The Hall–Kier alpha value is -1.84. The van der Waals surface area contributed by atoms with Crippen LogP contribution >= 0.6 is 0 Å². The first-order chi connectivity index (χ1) is 7.86. The molecule has 0 spiro atoms. The van der Waals surface area contributed by atoms with Crippen molar-refractivity contribution in [1.29, 1.82) is 0 Å². The van der Waals surface area contributed by atoms with E-state index >= 15 is 0 Å². The number of aliphatic carboxylic acids is 1. The van der Waals surface area contributed by atoms with Crippen molar-refractivity contribution in [3.63, 3.8) is 0 Å². The Morgan fingerprint density at radius 2 is 2.00 bits per heavy atom. The van der Waals surface area contributed by atoms with Crippen molar-refractivity contribution in [2.45, 2.75) is 25.7 Å². The Morgan fingerprint density at radius 1 is 1.35 bits per heavy atom. The molecule has 1 aromatic carbocycles. The fourth-order valence-electron chi connectivity index (χ4n) is 1.67. The van der Waals surface area contributed by atoms with Crippen molar-refractivity contribution < 1.29 is 19.4 Å². The van der Waals surface area contributed by atoms with Crippen molar-refractivity contribution in [2.24, 2.45) is 0 Å². The maximum Gasteiger partial charge on any atom is 0.337 e. The van der Waals surface area contributed by atoms with Gasteiger partial charge in [-0.1, -0.05) is 26.0 Å². The number of methoxy groups -OCH3 is 1. The molecular formula is C13H16O4. The minimum Gasteiger partial charge on any atom is -0.481 e. The van der Waals surface area contributed by atoms with Gasteiger partial charge < -0.3 is 9.84 Å². The highest BCUT2D eigenvalue weighted by Crippen LogP contribution is 2.27. The summed E-state index contributed by atoms with van der Waals surface area (Å²) < 4.78 is 4.63.